The predicted octanol–water partition coefficient (Wildman–Crippen LogP) is 3.04. The van der Waals surface area contributed by atoms with Crippen LogP contribution in [0.3, 0.4) is 0 Å². The molecule has 0 fully saturated rings. The van der Waals surface area contributed by atoms with E-state index in [0.717, 1.165) is 7.11 Å². The summed E-state index contributed by atoms with van der Waals surface area (Å²) in [5.41, 5.74) is -0.469. The maximum Gasteiger partial charge on any atom is 0.309 e. The summed E-state index contributed by atoms with van der Waals surface area (Å²) in [5, 5.41) is -0.449. The lowest BCUT2D eigenvalue weighted by molar-refractivity contribution is -0.139. The van der Waals surface area contributed by atoms with Crippen LogP contribution in [-0.2, 0) is 16.0 Å². The lowest BCUT2D eigenvalue weighted by Crippen LogP contribution is -2.08. The van der Waals surface area contributed by atoms with Gasteiger partial charge in [-0.05, 0) is 11.6 Å². The van der Waals surface area contributed by atoms with Gasteiger partial charge in [-0.1, -0.05) is 23.2 Å². The van der Waals surface area contributed by atoms with E-state index >= 15 is 0 Å². The van der Waals surface area contributed by atoms with E-state index < -0.39 is 23.1 Å². The molecular formula is C9H7Cl2F2NO2. The Morgan fingerprint density at radius 1 is 1.56 bits per heavy atom. The first-order chi connectivity index (χ1) is 7.45. The van der Waals surface area contributed by atoms with Gasteiger partial charge in [-0.2, -0.15) is 0 Å². The number of aromatic nitrogens is 1. The number of methoxy groups -OCH3 is 1. The van der Waals surface area contributed by atoms with Gasteiger partial charge in [0.15, 0.2) is 0 Å². The second kappa shape index (κ2) is 5.41. The molecule has 7 heteroatoms. The molecule has 1 rings (SSSR count). The highest BCUT2D eigenvalue weighted by molar-refractivity contribution is 6.33. The van der Waals surface area contributed by atoms with Crippen molar-refractivity contribution in [2.75, 3.05) is 7.11 Å². The number of hydrogen-bond donors (Lipinski definition) is 0. The van der Waals surface area contributed by atoms with Crippen molar-refractivity contribution in [1.82, 2.24) is 4.98 Å². The molecule has 0 spiro atoms. The van der Waals surface area contributed by atoms with E-state index in [0.29, 0.717) is 0 Å². The standard InChI is InChI=1S/C9H7Cl2F2NO2/c1-16-6(15)3-4-2-5(10)14-8(11)7(4)9(12)13/h2,9H,3H2,1H3. The third-order valence-electron chi connectivity index (χ3n) is 1.85. The molecule has 0 aliphatic rings. The van der Waals surface area contributed by atoms with Crippen LogP contribution in [-0.4, -0.2) is 18.1 Å². The molecule has 0 radical (unpaired) electrons. The number of carbonyl (C=O) groups is 1. The van der Waals surface area contributed by atoms with Gasteiger partial charge >= 0.3 is 5.97 Å². The van der Waals surface area contributed by atoms with Crippen LogP contribution in [0.15, 0.2) is 6.07 Å². The number of rotatable bonds is 3. The first-order valence-corrected chi connectivity index (χ1v) is 4.91. The smallest absolute Gasteiger partial charge is 0.309 e. The van der Waals surface area contributed by atoms with E-state index in [1.54, 1.807) is 0 Å². The number of carbonyl (C=O) groups excluding carboxylic acids is 1. The summed E-state index contributed by atoms with van der Waals surface area (Å²) >= 11 is 11.1. The Morgan fingerprint density at radius 2 is 2.19 bits per heavy atom. The zero-order valence-corrected chi connectivity index (χ0v) is 9.65. The normalized spacial score (nSPS) is 10.6. The van der Waals surface area contributed by atoms with Gasteiger partial charge in [0.05, 0.1) is 19.1 Å². The first kappa shape index (κ1) is 13.1. The quantitative estimate of drug-likeness (QED) is 0.626. The predicted molar refractivity (Wildman–Crippen MR) is 54.9 cm³/mol. The molecule has 0 saturated heterocycles. The fourth-order valence-electron chi connectivity index (χ4n) is 1.14. The van der Waals surface area contributed by atoms with Gasteiger partial charge in [-0.15, -0.1) is 0 Å². The van der Waals surface area contributed by atoms with Gasteiger partial charge in [0.25, 0.3) is 6.43 Å². The van der Waals surface area contributed by atoms with E-state index in [1.165, 1.54) is 6.07 Å². The van der Waals surface area contributed by atoms with Crippen molar-refractivity contribution >= 4 is 29.2 Å². The number of alkyl halides is 2. The average molecular weight is 270 g/mol. The van der Waals surface area contributed by atoms with Crippen molar-refractivity contribution in [3.8, 4) is 0 Å². The molecule has 0 bridgehead atoms. The summed E-state index contributed by atoms with van der Waals surface area (Å²) in [5.74, 6) is -0.653. The molecule has 1 heterocycles. The first-order valence-electron chi connectivity index (χ1n) is 4.15. The molecule has 88 valence electrons. The number of hydrogen-bond acceptors (Lipinski definition) is 3. The largest absolute Gasteiger partial charge is 0.469 e. The fourth-order valence-corrected chi connectivity index (χ4v) is 1.70. The van der Waals surface area contributed by atoms with Crippen LogP contribution >= 0.6 is 23.2 Å². The Hall–Kier alpha value is -0.940. The van der Waals surface area contributed by atoms with Crippen LogP contribution in [0.4, 0.5) is 8.78 Å². The number of ether oxygens (including phenoxy) is 1. The van der Waals surface area contributed by atoms with Crippen LogP contribution < -0.4 is 0 Å². The maximum atomic E-state index is 12.7. The summed E-state index contributed by atoms with van der Waals surface area (Å²) in [7, 11) is 1.16. The molecule has 0 unspecified atom stereocenters. The Kier molecular flexibility index (Phi) is 4.44. The minimum absolute atomic E-state index is 0.0202. The molecule has 1 aromatic rings. The average Bonchev–Trinajstić information content (AvgIpc) is 2.15. The van der Waals surface area contributed by atoms with Crippen molar-refractivity contribution in [3.05, 3.63) is 27.5 Å². The summed E-state index contributed by atoms with van der Waals surface area (Å²) in [6, 6.07) is 1.17. The van der Waals surface area contributed by atoms with E-state index in [9.17, 15) is 13.6 Å². The van der Waals surface area contributed by atoms with Gasteiger partial charge in [-0.3, -0.25) is 4.79 Å². The summed E-state index contributed by atoms with van der Waals surface area (Å²) in [6.07, 6.45) is -3.14. The van der Waals surface area contributed by atoms with Crippen LogP contribution in [0.2, 0.25) is 10.3 Å². The van der Waals surface area contributed by atoms with E-state index in [2.05, 4.69) is 9.72 Å². The summed E-state index contributed by atoms with van der Waals surface area (Å²) < 4.78 is 29.7. The Bertz CT molecular complexity index is 413. The van der Waals surface area contributed by atoms with Crippen molar-refractivity contribution in [2.24, 2.45) is 0 Å². The van der Waals surface area contributed by atoms with Crippen molar-refractivity contribution in [2.45, 2.75) is 12.8 Å². The zero-order valence-electron chi connectivity index (χ0n) is 8.14. The van der Waals surface area contributed by atoms with Gasteiger partial charge in [0.1, 0.15) is 10.3 Å². The minimum atomic E-state index is -2.82. The molecule has 1 aromatic heterocycles. The number of pyridine rings is 1. The molecule has 16 heavy (non-hydrogen) atoms. The summed E-state index contributed by atoms with van der Waals surface area (Å²) in [4.78, 5) is 14.5. The molecule has 0 saturated carbocycles. The third-order valence-corrected chi connectivity index (χ3v) is 2.33. The highest BCUT2D eigenvalue weighted by Crippen LogP contribution is 2.31. The number of halogens is 4. The van der Waals surface area contributed by atoms with Crippen LogP contribution in [0.5, 0.6) is 0 Å². The van der Waals surface area contributed by atoms with Crippen molar-refractivity contribution in [1.29, 1.82) is 0 Å². The second-order valence-electron chi connectivity index (χ2n) is 2.86. The van der Waals surface area contributed by atoms with E-state index in [4.69, 9.17) is 23.2 Å². The number of nitrogens with zero attached hydrogens (tertiary/aromatic N) is 1. The lowest BCUT2D eigenvalue weighted by Gasteiger charge is -2.09. The lowest BCUT2D eigenvalue weighted by atomic mass is 10.1. The Balaban J connectivity index is 3.18. The van der Waals surface area contributed by atoms with E-state index in [-0.39, 0.29) is 17.1 Å². The third kappa shape index (κ3) is 3.02. The van der Waals surface area contributed by atoms with Crippen LogP contribution in [0.25, 0.3) is 0 Å². The minimum Gasteiger partial charge on any atom is -0.469 e. The maximum absolute atomic E-state index is 12.7. The van der Waals surface area contributed by atoms with Crippen molar-refractivity contribution in [3.63, 3.8) is 0 Å². The van der Waals surface area contributed by atoms with Gasteiger partial charge in [-0.25, -0.2) is 13.8 Å². The van der Waals surface area contributed by atoms with Crippen LogP contribution in [0, 0.1) is 0 Å². The molecule has 3 nitrogen and oxygen atoms in total. The highest BCUT2D eigenvalue weighted by atomic mass is 35.5. The zero-order chi connectivity index (χ0) is 12.3. The van der Waals surface area contributed by atoms with Gasteiger partial charge in [0, 0.05) is 0 Å². The molecule has 0 amide bonds. The molecule has 0 aliphatic carbocycles. The number of esters is 1. The molecule has 0 aromatic carbocycles. The topological polar surface area (TPSA) is 39.2 Å². The molecule has 0 atom stereocenters. The Labute approximate surface area is 100 Å². The SMILES string of the molecule is COC(=O)Cc1cc(Cl)nc(Cl)c1C(F)F. The van der Waals surface area contributed by atoms with Gasteiger partial charge in [0.2, 0.25) is 0 Å². The molecule has 0 N–H and O–H groups in total. The monoisotopic (exact) mass is 269 g/mol. The summed E-state index contributed by atoms with van der Waals surface area (Å²) in [6.45, 7) is 0. The van der Waals surface area contributed by atoms with Gasteiger partial charge < -0.3 is 4.74 Å². The molecule has 0 aliphatic heterocycles. The van der Waals surface area contributed by atoms with Crippen LogP contribution in [0.1, 0.15) is 17.6 Å². The van der Waals surface area contributed by atoms with E-state index in [1.807, 2.05) is 0 Å². The Morgan fingerprint density at radius 3 is 2.69 bits per heavy atom. The van der Waals surface area contributed by atoms with Crippen molar-refractivity contribution < 1.29 is 18.3 Å². The highest BCUT2D eigenvalue weighted by Gasteiger charge is 2.21. The fraction of sp³-hybridized carbons (Fsp3) is 0.333. The second-order valence-corrected chi connectivity index (χ2v) is 3.61. The molecular weight excluding hydrogens is 263 g/mol.